The standard InChI is InChI=1S/C17H21N3O2/c21-17(19-13-15-6-5-11-22-15)16-12-14(7-8-18-16)20-9-3-1-2-4-10-20/h5-8,11-12H,1-4,9-10,13H2,(H,19,21). The summed E-state index contributed by atoms with van der Waals surface area (Å²) in [5.41, 5.74) is 1.54. The Hall–Kier alpha value is -2.30. The minimum Gasteiger partial charge on any atom is -0.467 e. The number of hydrogen-bond donors (Lipinski definition) is 1. The van der Waals surface area contributed by atoms with Gasteiger partial charge < -0.3 is 14.6 Å². The summed E-state index contributed by atoms with van der Waals surface area (Å²) in [7, 11) is 0. The molecule has 1 amide bonds. The molecule has 1 aliphatic heterocycles. The van der Waals surface area contributed by atoms with E-state index < -0.39 is 0 Å². The van der Waals surface area contributed by atoms with Gasteiger partial charge in [-0.2, -0.15) is 0 Å². The molecule has 3 rings (SSSR count). The maximum absolute atomic E-state index is 12.2. The quantitative estimate of drug-likeness (QED) is 0.943. The van der Waals surface area contributed by atoms with Crippen molar-refractivity contribution in [3.8, 4) is 0 Å². The molecule has 1 fully saturated rings. The SMILES string of the molecule is O=C(NCc1ccco1)c1cc(N2CCCCCC2)ccn1. The van der Waals surface area contributed by atoms with Gasteiger partial charge in [0, 0.05) is 25.0 Å². The lowest BCUT2D eigenvalue weighted by Crippen LogP contribution is -2.26. The molecule has 116 valence electrons. The van der Waals surface area contributed by atoms with Gasteiger partial charge in [0.15, 0.2) is 0 Å². The summed E-state index contributed by atoms with van der Waals surface area (Å²) in [6.07, 6.45) is 8.31. The molecule has 0 aromatic carbocycles. The van der Waals surface area contributed by atoms with Crippen LogP contribution in [-0.2, 0) is 6.54 Å². The molecule has 22 heavy (non-hydrogen) atoms. The minimum atomic E-state index is -0.173. The first-order valence-corrected chi connectivity index (χ1v) is 7.84. The number of nitrogens with one attached hydrogen (secondary N) is 1. The van der Waals surface area contributed by atoms with Crippen LogP contribution >= 0.6 is 0 Å². The van der Waals surface area contributed by atoms with Gasteiger partial charge in [0.05, 0.1) is 12.8 Å². The molecule has 2 aromatic rings. The summed E-state index contributed by atoms with van der Waals surface area (Å²) in [5, 5.41) is 2.83. The van der Waals surface area contributed by atoms with E-state index in [0.717, 1.165) is 24.5 Å². The number of amides is 1. The number of carbonyl (C=O) groups excluding carboxylic acids is 1. The maximum Gasteiger partial charge on any atom is 0.270 e. The molecule has 0 spiro atoms. The molecule has 0 bridgehead atoms. The highest BCUT2D eigenvalue weighted by molar-refractivity contribution is 5.93. The van der Waals surface area contributed by atoms with Crippen molar-refractivity contribution >= 4 is 11.6 Å². The van der Waals surface area contributed by atoms with Crippen LogP contribution in [0, 0.1) is 0 Å². The van der Waals surface area contributed by atoms with E-state index in [-0.39, 0.29) is 5.91 Å². The zero-order chi connectivity index (χ0) is 15.2. The Morgan fingerprint density at radius 2 is 2.05 bits per heavy atom. The van der Waals surface area contributed by atoms with Crippen LogP contribution in [0.5, 0.6) is 0 Å². The molecule has 0 radical (unpaired) electrons. The number of pyridine rings is 1. The Morgan fingerprint density at radius 3 is 2.77 bits per heavy atom. The van der Waals surface area contributed by atoms with Crippen LogP contribution in [0.4, 0.5) is 5.69 Å². The van der Waals surface area contributed by atoms with E-state index in [1.165, 1.54) is 25.7 Å². The lowest BCUT2D eigenvalue weighted by atomic mass is 10.2. The molecule has 1 N–H and O–H groups in total. The topological polar surface area (TPSA) is 58.4 Å². The fraction of sp³-hybridized carbons (Fsp3) is 0.412. The van der Waals surface area contributed by atoms with E-state index in [9.17, 15) is 4.79 Å². The first kappa shape index (κ1) is 14.6. The van der Waals surface area contributed by atoms with E-state index >= 15 is 0 Å². The van der Waals surface area contributed by atoms with E-state index in [1.807, 2.05) is 18.2 Å². The number of nitrogens with zero attached hydrogens (tertiary/aromatic N) is 2. The van der Waals surface area contributed by atoms with Gasteiger partial charge in [-0.1, -0.05) is 12.8 Å². The molecule has 1 saturated heterocycles. The minimum absolute atomic E-state index is 0.173. The van der Waals surface area contributed by atoms with Crippen molar-refractivity contribution in [1.29, 1.82) is 0 Å². The first-order chi connectivity index (χ1) is 10.8. The Balaban J connectivity index is 1.65. The highest BCUT2D eigenvalue weighted by atomic mass is 16.3. The van der Waals surface area contributed by atoms with Gasteiger partial charge >= 0.3 is 0 Å². The molecule has 0 unspecified atom stereocenters. The van der Waals surface area contributed by atoms with Crippen LogP contribution in [0.3, 0.4) is 0 Å². The molecule has 2 aromatic heterocycles. The zero-order valence-electron chi connectivity index (χ0n) is 12.6. The van der Waals surface area contributed by atoms with Gasteiger partial charge in [-0.15, -0.1) is 0 Å². The number of anilines is 1. The Kier molecular flexibility index (Phi) is 4.73. The van der Waals surface area contributed by atoms with Gasteiger partial charge in [0.2, 0.25) is 0 Å². The molecular weight excluding hydrogens is 278 g/mol. The lowest BCUT2D eigenvalue weighted by Gasteiger charge is -2.22. The summed E-state index contributed by atoms with van der Waals surface area (Å²) in [6, 6.07) is 7.50. The summed E-state index contributed by atoms with van der Waals surface area (Å²) in [5.74, 6) is 0.560. The molecule has 5 heteroatoms. The smallest absolute Gasteiger partial charge is 0.270 e. The van der Waals surface area contributed by atoms with Crippen LogP contribution in [0.2, 0.25) is 0 Å². The third kappa shape index (κ3) is 3.67. The molecule has 1 aliphatic rings. The molecule has 5 nitrogen and oxygen atoms in total. The van der Waals surface area contributed by atoms with E-state index in [0.29, 0.717) is 12.2 Å². The first-order valence-electron chi connectivity index (χ1n) is 7.84. The van der Waals surface area contributed by atoms with Crippen molar-refractivity contribution in [2.45, 2.75) is 32.2 Å². The lowest BCUT2D eigenvalue weighted by molar-refractivity contribution is 0.0943. The molecule has 0 saturated carbocycles. The van der Waals surface area contributed by atoms with Crippen molar-refractivity contribution in [2.75, 3.05) is 18.0 Å². The third-order valence-corrected chi connectivity index (χ3v) is 3.95. The third-order valence-electron chi connectivity index (χ3n) is 3.95. The average Bonchev–Trinajstić information content (AvgIpc) is 2.93. The highest BCUT2D eigenvalue weighted by Gasteiger charge is 2.13. The van der Waals surface area contributed by atoms with Gasteiger partial charge in [0.1, 0.15) is 11.5 Å². The second kappa shape index (κ2) is 7.11. The average molecular weight is 299 g/mol. The molecular formula is C17H21N3O2. The van der Waals surface area contributed by atoms with Gasteiger partial charge in [-0.05, 0) is 37.1 Å². The Labute approximate surface area is 130 Å². The van der Waals surface area contributed by atoms with Crippen LogP contribution in [0.1, 0.15) is 41.9 Å². The number of furan rings is 1. The van der Waals surface area contributed by atoms with Crippen molar-refractivity contribution in [2.24, 2.45) is 0 Å². The molecule has 0 atom stereocenters. The predicted octanol–water partition coefficient (Wildman–Crippen LogP) is 2.99. The normalized spacial score (nSPS) is 15.4. The number of hydrogen-bond acceptors (Lipinski definition) is 4. The number of aromatic nitrogens is 1. The predicted molar refractivity (Wildman–Crippen MR) is 84.8 cm³/mol. The summed E-state index contributed by atoms with van der Waals surface area (Å²) < 4.78 is 5.21. The van der Waals surface area contributed by atoms with Crippen molar-refractivity contribution in [3.05, 3.63) is 48.2 Å². The monoisotopic (exact) mass is 299 g/mol. The molecule has 3 heterocycles. The fourth-order valence-electron chi connectivity index (χ4n) is 2.74. The zero-order valence-corrected chi connectivity index (χ0v) is 12.6. The van der Waals surface area contributed by atoms with Crippen LogP contribution < -0.4 is 10.2 Å². The summed E-state index contributed by atoms with van der Waals surface area (Å²) >= 11 is 0. The van der Waals surface area contributed by atoms with E-state index in [4.69, 9.17) is 4.42 Å². The van der Waals surface area contributed by atoms with Crippen LogP contribution in [0.25, 0.3) is 0 Å². The van der Waals surface area contributed by atoms with Gasteiger partial charge in [-0.3, -0.25) is 9.78 Å². The van der Waals surface area contributed by atoms with Crippen molar-refractivity contribution < 1.29 is 9.21 Å². The van der Waals surface area contributed by atoms with Crippen molar-refractivity contribution in [1.82, 2.24) is 10.3 Å². The Bertz CT molecular complexity index is 602. The largest absolute Gasteiger partial charge is 0.467 e. The molecule has 0 aliphatic carbocycles. The van der Waals surface area contributed by atoms with E-state index in [1.54, 1.807) is 18.5 Å². The summed E-state index contributed by atoms with van der Waals surface area (Å²) in [6.45, 7) is 2.48. The maximum atomic E-state index is 12.2. The summed E-state index contributed by atoms with van der Waals surface area (Å²) in [4.78, 5) is 18.7. The second-order valence-electron chi connectivity index (χ2n) is 5.56. The van der Waals surface area contributed by atoms with Crippen LogP contribution in [-0.4, -0.2) is 24.0 Å². The van der Waals surface area contributed by atoms with Crippen LogP contribution in [0.15, 0.2) is 41.1 Å². The van der Waals surface area contributed by atoms with Gasteiger partial charge in [0.25, 0.3) is 5.91 Å². The van der Waals surface area contributed by atoms with Gasteiger partial charge in [-0.25, -0.2) is 0 Å². The fourth-order valence-corrected chi connectivity index (χ4v) is 2.74. The Morgan fingerprint density at radius 1 is 1.23 bits per heavy atom. The van der Waals surface area contributed by atoms with E-state index in [2.05, 4.69) is 15.2 Å². The second-order valence-corrected chi connectivity index (χ2v) is 5.56. The highest BCUT2D eigenvalue weighted by Crippen LogP contribution is 2.19. The number of rotatable bonds is 4. The van der Waals surface area contributed by atoms with Crippen molar-refractivity contribution in [3.63, 3.8) is 0 Å². The number of carbonyl (C=O) groups is 1.